The van der Waals surface area contributed by atoms with Crippen LogP contribution in [0.15, 0.2) is 71.3 Å². The van der Waals surface area contributed by atoms with Crippen LogP contribution in [0.4, 0.5) is 4.39 Å². The summed E-state index contributed by atoms with van der Waals surface area (Å²) in [4.78, 5) is 13.1. The van der Waals surface area contributed by atoms with Gasteiger partial charge in [-0.3, -0.25) is 4.79 Å². The molecule has 2 aliphatic carbocycles. The smallest absolute Gasteiger partial charge is 0.184 e. The van der Waals surface area contributed by atoms with Crippen LogP contribution in [0.5, 0.6) is 0 Å². The second kappa shape index (κ2) is 7.48. The molecule has 1 fully saturated rings. The van der Waals surface area contributed by atoms with E-state index in [0.717, 1.165) is 24.8 Å². The summed E-state index contributed by atoms with van der Waals surface area (Å²) in [6, 6.07) is 16.6. The first-order valence-corrected chi connectivity index (χ1v) is 9.93. The molecule has 28 heavy (non-hydrogen) atoms. The summed E-state index contributed by atoms with van der Waals surface area (Å²) in [5.41, 5.74) is 3.95. The highest BCUT2D eigenvalue weighted by Gasteiger charge is 2.46. The number of benzene rings is 2. The molecule has 2 aromatic rings. The van der Waals surface area contributed by atoms with Crippen molar-refractivity contribution < 1.29 is 14.3 Å². The number of fused-ring (bicyclic) bond motifs is 1. The summed E-state index contributed by atoms with van der Waals surface area (Å²) >= 11 is 0. The fraction of sp³-hybridized carbons (Fsp3) is 0.320. The molecular weight excluding hydrogens is 351 g/mol. The van der Waals surface area contributed by atoms with Crippen molar-refractivity contribution in [1.82, 2.24) is 0 Å². The van der Waals surface area contributed by atoms with Crippen molar-refractivity contribution in [3.8, 4) is 0 Å². The van der Waals surface area contributed by atoms with Crippen LogP contribution < -0.4 is 0 Å². The number of hydrogen-bond acceptors (Lipinski definition) is 2. The molecule has 2 atom stereocenters. The highest BCUT2D eigenvalue weighted by Crippen LogP contribution is 2.52. The molecule has 1 saturated carbocycles. The van der Waals surface area contributed by atoms with Gasteiger partial charge in [0.2, 0.25) is 0 Å². The molecule has 0 radical (unpaired) electrons. The van der Waals surface area contributed by atoms with Crippen LogP contribution in [0.25, 0.3) is 6.08 Å². The second-order valence-electron chi connectivity index (χ2n) is 8.12. The standard InChI is InChI=1S/C25H25FO2/c1-17-23-22(27)11-6-12-25(23,15-18-7-3-2-4-8-18)16-20(24(17)28)13-19-9-5-10-21(26)14-19/h2-5,7-10,13-14,22,27H,6,11-12,15-16H2,1H3/b20-13+/t22?,25-/m0/s1. The largest absolute Gasteiger partial charge is 0.389 e. The van der Waals surface area contributed by atoms with Gasteiger partial charge in [0.05, 0.1) is 6.10 Å². The highest BCUT2D eigenvalue weighted by molar-refractivity contribution is 6.12. The van der Waals surface area contributed by atoms with Crippen molar-refractivity contribution >= 4 is 11.9 Å². The Balaban J connectivity index is 1.80. The molecule has 3 heteroatoms. The van der Waals surface area contributed by atoms with Gasteiger partial charge in [0.25, 0.3) is 0 Å². The number of halogens is 1. The lowest BCUT2D eigenvalue weighted by molar-refractivity contribution is -0.113. The van der Waals surface area contributed by atoms with Gasteiger partial charge in [-0.1, -0.05) is 42.5 Å². The number of aliphatic hydroxyl groups is 1. The van der Waals surface area contributed by atoms with Crippen molar-refractivity contribution in [2.24, 2.45) is 5.41 Å². The Morgan fingerprint density at radius 3 is 2.71 bits per heavy atom. The van der Waals surface area contributed by atoms with Crippen LogP contribution in [0.1, 0.15) is 43.7 Å². The van der Waals surface area contributed by atoms with Gasteiger partial charge in [-0.05, 0) is 79.5 Å². The second-order valence-corrected chi connectivity index (χ2v) is 8.12. The Labute approximate surface area is 165 Å². The highest BCUT2D eigenvalue weighted by atomic mass is 19.1. The van der Waals surface area contributed by atoms with E-state index < -0.39 is 6.10 Å². The molecule has 0 spiro atoms. The minimum absolute atomic E-state index is 0.0242. The number of Topliss-reactive ketones (excluding diaryl/α,β-unsaturated/α-hetero) is 1. The maximum Gasteiger partial charge on any atom is 0.184 e. The number of carbonyl (C=O) groups is 1. The predicted octanol–water partition coefficient (Wildman–Crippen LogP) is 5.27. The van der Waals surface area contributed by atoms with Gasteiger partial charge in [0.1, 0.15) is 5.82 Å². The molecule has 2 aliphatic rings. The van der Waals surface area contributed by atoms with Crippen LogP contribution in [-0.2, 0) is 11.2 Å². The average Bonchev–Trinajstić information content (AvgIpc) is 2.67. The first kappa shape index (κ1) is 18.8. The summed E-state index contributed by atoms with van der Waals surface area (Å²) in [6.07, 6.45) is 5.23. The van der Waals surface area contributed by atoms with Gasteiger partial charge in [0.15, 0.2) is 5.78 Å². The normalized spacial score (nSPS) is 26.5. The number of carbonyl (C=O) groups excluding carboxylic acids is 1. The molecule has 4 rings (SSSR count). The lowest BCUT2D eigenvalue weighted by Gasteiger charge is -2.46. The quantitative estimate of drug-likeness (QED) is 0.741. The Morgan fingerprint density at radius 2 is 1.96 bits per heavy atom. The summed E-state index contributed by atoms with van der Waals surface area (Å²) in [5, 5.41) is 10.8. The van der Waals surface area contributed by atoms with Crippen LogP contribution in [0, 0.1) is 11.2 Å². The van der Waals surface area contributed by atoms with Crippen LogP contribution in [0.3, 0.4) is 0 Å². The van der Waals surface area contributed by atoms with E-state index >= 15 is 0 Å². The number of ketones is 1. The molecule has 0 aromatic heterocycles. The summed E-state index contributed by atoms with van der Waals surface area (Å²) in [6.45, 7) is 1.84. The number of allylic oxidation sites excluding steroid dienone is 2. The molecule has 0 saturated heterocycles. The molecule has 2 nitrogen and oxygen atoms in total. The zero-order valence-corrected chi connectivity index (χ0v) is 16.1. The van der Waals surface area contributed by atoms with E-state index in [1.165, 1.54) is 17.7 Å². The fourth-order valence-corrected chi connectivity index (χ4v) is 5.05. The van der Waals surface area contributed by atoms with E-state index in [2.05, 4.69) is 12.1 Å². The Kier molecular flexibility index (Phi) is 5.03. The zero-order valence-electron chi connectivity index (χ0n) is 16.1. The van der Waals surface area contributed by atoms with Crippen LogP contribution >= 0.6 is 0 Å². The fourth-order valence-electron chi connectivity index (χ4n) is 5.05. The number of rotatable bonds is 3. The van der Waals surface area contributed by atoms with Gasteiger partial charge in [-0.15, -0.1) is 0 Å². The van der Waals surface area contributed by atoms with Crippen molar-refractivity contribution in [3.05, 3.63) is 88.3 Å². The molecular formula is C25H25FO2. The van der Waals surface area contributed by atoms with Crippen LogP contribution in [-0.4, -0.2) is 17.0 Å². The average molecular weight is 376 g/mol. The van der Waals surface area contributed by atoms with Gasteiger partial charge in [-0.2, -0.15) is 0 Å². The van der Waals surface area contributed by atoms with Gasteiger partial charge >= 0.3 is 0 Å². The molecule has 2 aromatic carbocycles. The first-order valence-electron chi connectivity index (χ1n) is 9.93. The molecule has 1 N–H and O–H groups in total. The van der Waals surface area contributed by atoms with Gasteiger partial charge in [-0.25, -0.2) is 4.39 Å². The Bertz CT molecular complexity index is 958. The summed E-state index contributed by atoms with van der Waals surface area (Å²) in [5.74, 6) is -0.332. The van der Waals surface area contributed by atoms with E-state index in [0.29, 0.717) is 29.6 Å². The maximum absolute atomic E-state index is 13.6. The van der Waals surface area contributed by atoms with Crippen molar-refractivity contribution in [1.29, 1.82) is 0 Å². The van der Waals surface area contributed by atoms with Crippen LogP contribution in [0.2, 0.25) is 0 Å². The van der Waals surface area contributed by atoms with Gasteiger partial charge < -0.3 is 5.11 Å². The third-order valence-corrected chi connectivity index (χ3v) is 6.18. The SMILES string of the molecule is CC1=C2C(O)CCC[C@]2(Cc2ccccc2)C/C(=C\c2cccc(F)c2)C1=O. The number of hydrogen-bond donors (Lipinski definition) is 1. The predicted molar refractivity (Wildman–Crippen MR) is 109 cm³/mol. The third kappa shape index (κ3) is 3.47. The molecule has 0 bridgehead atoms. The van der Waals surface area contributed by atoms with E-state index in [9.17, 15) is 14.3 Å². The molecule has 1 unspecified atom stereocenters. The van der Waals surface area contributed by atoms with Crippen molar-refractivity contribution in [3.63, 3.8) is 0 Å². The Morgan fingerprint density at radius 1 is 1.18 bits per heavy atom. The first-order chi connectivity index (χ1) is 13.5. The molecule has 0 amide bonds. The zero-order chi connectivity index (χ0) is 19.7. The lowest BCUT2D eigenvalue weighted by atomic mass is 9.58. The van der Waals surface area contributed by atoms with E-state index in [1.54, 1.807) is 6.07 Å². The molecule has 0 aliphatic heterocycles. The third-order valence-electron chi connectivity index (χ3n) is 6.18. The molecule has 144 valence electrons. The van der Waals surface area contributed by atoms with Gasteiger partial charge in [0, 0.05) is 11.0 Å². The maximum atomic E-state index is 13.6. The van der Waals surface area contributed by atoms with Crippen molar-refractivity contribution in [2.45, 2.75) is 45.1 Å². The summed E-state index contributed by atoms with van der Waals surface area (Å²) < 4.78 is 13.6. The minimum atomic E-state index is -0.558. The topological polar surface area (TPSA) is 37.3 Å². The minimum Gasteiger partial charge on any atom is -0.389 e. The van der Waals surface area contributed by atoms with Crippen molar-refractivity contribution in [2.75, 3.05) is 0 Å². The molecule has 0 heterocycles. The van der Waals surface area contributed by atoms with E-state index in [-0.39, 0.29) is 17.0 Å². The monoisotopic (exact) mass is 376 g/mol. The van der Waals surface area contributed by atoms with E-state index in [4.69, 9.17) is 0 Å². The lowest BCUT2D eigenvalue weighted by Crippen LogP contribution is -2.42. The summed E-state index contributed by atoms with van der Waals surface area (Å²) in [7, 11) is 0. The number of aliphatic hydroxyl groups excluding tert-OH is 1. The Hall–Kier alpha value is -2.52. The van der Waals surface area contributed by atoms with E-state index in [1.807, 2.05) is 37.3 Å².